The Morgan fingerprint density at radius 3 is 2.66 bits per heavy atom. The van der Waals surface area contributed by atoms with E-state index in [1.165, 1.54) is 0 Å². The van der Waals surface area contributed by atoms with Crippen LogP contribution in [0.3, 0.4) is 0 Å². The Morgan fingerprint density at radius 1 is 1.21 bits per heavy atom. The van der Waals surface area contributed by atoms with Gasteiger partial charge in [-0.05, 0) is 40.6 Å². The van der Waals surface area contributed by atoms with E-state index in [-0.39, 0.29) is 16.8 Å². The van der Waals surface area contributed by atoms with E-state index in [0.29, 0.717) is 29.4 Å². The van der Waals surface area contributed by atoms with E-state index in [2.05, 4.69) is 30.5 Å². The molecule has 1 fully saturated rings. The highest BCUT2D eigenvalue weighted by Gasteiger charge is 2.27. The van der Waals surface area contributed by atoms with E-state index >= 15 is 0 Å². The molecule has 1 aliphatic heterocycles. The van der Waals surface area contributed by atoms with Crippen LogP contribution in [0.5, 0.6) is 5.88 Å². The van der Waals surface area contributed by atoms with Crippen molar-refractivity contribution in [3.63, 3.8) is 0 Å². The van der Waals surface area contributed by atoms with Gasteiger partial charge in [0.1, 0.15) is 6.10 Å². The fourth-order valence-corrected chi connectivity index (χ4v) is 4.80. The number of anilines is 1. The minimum absolute atomic E-state index is 0.0472. The third kappa shape index (κ3) is 4.18. The summed E-state index contributed by atoms with van der Waals surface area (Å²) in [4.78, 5) is 6.89. The summed E-state index contributed by atoms with van der Waals surface area (Å²) in [5.74, 6) is 0.895. The Balaban J connectivity index is 1.61. The molecule has 0 aliphatic carbocycles. The molecule has 3 aromatic rings. The number of ether oxygens (including phenoxy) is 1. The number of thiol groups is 1. The lowest BCUT2D eigenvalue weighted by atomic mass is 10.0. The smallest absolute Gasteiger partial charge is 0.213 e. The second-order valence-corrected chi connectivity index (χ2v) is 8.04. The fourth-order valence-electron chi connectivity index (χ4n) is 3.40. The molecule has 2 aromatic heterocycles. The SMILES string of the molecule is NSc1ccc(N2CCC(Oc3ccccn3)CC2)c(-c2nnn[nH]2)c1[SH](=O)=O. The zero-order valence-electron chi connectivity index (χ0n) is 15.3. The van der Waals surface area contributed by atoms with Gasteiger partial charge in [0.05, 0.1) is 10.5 Å². The van der Waals surface area contributed by atoms with Gasteiger partial charge in [-0.15, -0.1) is 5.10 Å². The second-order valence-electron chi connectivity index (χ2n) is 6.40. The number of nitrogens with one attached hydrogen (secondary N) is 1. The van der Waals surface area contributed by atoms with Crippen molar-refractivity contribution < 1.29 is 13.2 Å². The number of H-pyrrole nitrogens is 1. The van der Waals surface area contributed by atoms with Crippen LogP contribution in [0.2, 0.25) is 0 Å². The van der Waals surface area contributed by atoms with Crippen LogP contribution in [-0.2, 0) is 10.7 Å². The maximum Gasteiger partial charge on any atom is 0.213 e. The number of hydrogen-bond donors (Lipinski definition) is 3. The fraction of sp³-hybridized carbons (Fsp3) is 0.294. The van der Waals surface area contributed by atoms with E-state index < -0.39 is 10.7 Å². The van der Waals surface area contributed by atoms with Crippen LogP contribution in [0, 0.1) is 0 Å². The molecule has 29 heavy (non-hydrogen) atoms. The molecular weight excluding hydrogens is 414 g/mol. The molecule has 0 spiro atoms. The van der Waals surface area contributed by atoms with Gasteiger partial charge < -0.3 is 9.64 Å². The van der Waals surface area contributed by atoms with Crippen molar-refractivity contribution in [3.8, 4) is 17.3 Å². The summed E-state index contributed by atoms with van der Waals surface area (Å²) in [6.45, 7) is 1.38. The molecule has 0 amide bonds. The van der Waals surface area contributed by atoms with Gasteiger partial charge in [-0.25, -0.2) is 18.5 Å². The Labute approximate surface area is 172 Å². The van der Waals surface area contributed by atoms with Crippen LogP contribution in [0.4, 0.5) is 5.69 Å². The Hall–Kier alpha value is -2.70. The number of piperidine rings is 1. The van der Waals surface area contributed by atoms with Crippen molar-refractivity contribution in [1.29, 1.82) is 0 Å². The number of hydrogen-bond acceptors (Lipinski definition) is 10. The minimum atomic E-state index is -2.90. The summed E-state index contributed by atoms with van der Waals surface area (Å²) in [7, 11) is -2.90. The molecule has 1 saturated heterocycles. The van der Waals surface area contributed by atoms with Gasteiger partial charge >= 0.3 is 0 Å². The first-order chi connectivity index (χ1) is 14.2. The third-order valence-corrected chi connectivity index (χ3v) is 6.29. The summed E-state index contributed by atoms with van der Waals surface area (Å²) in [5, 5.41) is 19.5. The Kier molecular flexibility index (Phi) is 5.92. The highest BCUT2D eigenvalue weighted by molar-refractivity contribution is 7.97. The molecule has 4 rings (SSSR count). The van der Waals surface area contributed by atoms with Crippen LogP contribution in [0.1, 0.15) is 12.8 Å². The summed E-state index contributed by atoms with van der Waals surface area (Å²) < 4.78 is 30.0. The molecule has 1 aliphatic rings. The van der Waals surface area contributed by atoms with Gasteiger partial charge in [-0.3, -0.25) is 5.14 Å². The summed E-state index contributed by atoms with van der Waals surface area (Å²) in [6, 6.07) is 9.14. The lowest BCUT2D eigenvalue weighted by molar-refractivity contribution is 0.164. The normalized spacial score (nSPS) is 15.0. The lowest BCUT2D eigenvalue weighted by Crippen LogP contribution is -2.38. The van der Waals surface area contributed by atoms with E-state index in [0.717, 1.165) is 30.5 Å². The zero-order valence-corrected chi connectivity index (χ0v) is 17.0. The van der Waals surface area contributed by atoms with Gasteiger partial charge in [0.15, 0.2) is 16.5 Å². The van der Waals surface area contributed by atoms with Crippen molar-refractivity contribution in [1.82, 2.24) is 25.6 Å². The lowest BCUT2D eigenvalue weighted by Gasteiger charge is -2.34. The highest BCUT2D eigenvalue weighted by Crippen LogP contribution is 2.38. The quantitative estimate of drug-likeness (QED) is 0.384. The van der Waals surface area contributed by atoms with Crippen molar-refractivity contribution in [2.75, 3.05) is 18.0 Å². The van der Waals surface area contributed by atoms with Gasteiger partial charge in [-0.2, -0.15) is 0 Å². The number of nitrogens with two attached hydrogens (primary N) is 1. The largest absolute Gasteiger partial charge is 0.474 e. The molecule has 3 N–H and O–H groups in total. The van der Waals surface area contributed by atoms with Crippen LogP contribution in [0.25, 0.3) is 11.4 Å². The predicted molar refractivity (Wildman–Crippen MR) is 108 cm³/mol. The second kappa shape index (κ2) is 8.76. The minimum Gasteiger partial charge on any atom is -0.474 e. The number of nitrogens with zero attached hydrogens (tertiary/aromatic N) is 5. The topological polar surface area (TPSA) is 140 Å². The monoisotopic (exact) mass is 433 g/mol. The van der Waals surface area contributed by atoms with Gasteiger partial charge in [0.2, 0.25) is 5.88 Å². The number of rotatable bonds is 6. The summed E-state index contributed by atoms with van der Waals surface area (Å²) >= 11 is 0.880. The van der Waals surface area contributed by atoms with Gasteiger partial charge in [-0.1, -0.05) is 6.07 Å². The number of tetrazole rings is 1. The van der Waals surface area contributed by atoms with Crippen LogP contribution >= 0.6 is 11.9 Å². The number of aromatic nitrogens is 5. The first kappa shape index (κ1) is 19.6. The van der Waals surface area contributed by atoms with Crippen molar-refractivity contribution in [3.05, 3.63) is 36.5 Å². The number of benzene rings is 1. The van der Waals surface area contributed by atoms with Crippen LogP contribution < -0.4 is 14.8 Å². The maximum atomic E-state index is 12.0. The molecule has 152 valence electrons. The molecular formula is C17H19N7O3S2. The Bertz CT molecular complexity index is 1030. The van der Waals surface area contributed by atoms with Crippen LogP contribution in [0.15, 0.2) is 46.3 Å². The molecule has 3 heterocycles. The first-order valence-corrected chi connectivity index (χ1v) is 11.0. The summed E-state index contributed by atoms with van der Waals surface area (Å²) in [6.07, 6.45) is 3.30. The molecule has 10 nitrogen and oxygen atoms in total. The molecule has 12 heteroatoms. The van der Waals surface area contributed by atoms with Crippen molar-refractivity contribution >= 4 is 28.3 Å². The van der Waals surface area contributed by atoms with Crippen LogP contribution in [-0.4, -0.2) is 53.2 Å². The Morgan fingerprint density at radius 2 is 2.03 bits per heavy atom. The average Bonchev–Trinajstić information content (AvgIpc) is 3.28. The first-order valence-electron chi connectivity index (χ1n) is 8.92. The number of pyridine rings is 1. The summed E-state index contributed by atoms with van der Waals surface area (Å²) in [5.41, 5.74) is 1.18. The van der Waals surface area contributed by atoms with Crippen molar-refractivity contribution in [2.24, 2.45) is 5.14 Å². The van der Waals surface area contributed by atoms with Crippen molar-refractivity contribution in [2.45, 2.75) is 28.7 Å². The molecule has 0 saturated carbocycles. The average molecular weight is 434 g/mol. The highest BCUT2D eigenvalue weighted by atomic mass is 32.2. The third-order valence-electron chi connectivity index (χ3n) is 4.72. The van der Waals surface area contributed by atoms with Gasteiger partial charge in [0.25, 0.3) is 0 Å². The van der Waals surface area contributed by atoms with E-state index in [1.54, 1.807) is 12.3 Å². The molecule has 0 radical (unpaired) electrons. The molecule has 1 aromatic carbocycles. The zero-order chi connectivity index (χ0) is 20.2. The van der Waals surface area contributed by atoms with E-state index in [4.69, 9.17) is 9.88 Å². The molecule has 0 atom stereocenters. The van der Waals surface area contributed by atoms with E-state index in [9.17, 15) is 8.42 Å². The van der Waals surface area contributed by atoms with E-state index in [1.807, 2.05) is 24.3 Å². The molecule has 0 unspecified atom stereocenters. The number of aromatic amines is 1. The van der Waals surface area contributed by atoms with Gasteiger partial charge in [0, 0.05) is 48.8 Å². The standard InChI is InChI=1S/C17H19N7O3S2/c18-28-13-5-4-12(15(16(13)29(25)26)17-20-22-23-21-17)24-9-6-11(7-10-24)27-14-3-1-2-8-19-14/h1-5,8,11,29H,6-7,9-10,18H2,(H,20,21,22,23). The maximum absolute atomic E-state index is 12.0. The molecule has 0 bridgehead atoms. The predicted octanol–water partition coefficient (Wildman–Crippen LogP) is 1.25.